The smallest absolute Gasteiger partial charge is 0.216 e. The summed E-state index contributed by atoms with van der Waals surface area (Å²) in [6, 6.07) is 3.83. The van der Waals surface area contributed by atoms with Crippen LogP contribution < -0.4 is 10.6 Å². The zero-order chi connectivity index (χ0) is 12.7. The Morgan fingerprint density at radius 2 is 2.00 bits per heavy atom. The molecule has 1 aromatic rings. The molecule has 0 spiro atoms. The Morgan fingerprint density at radius 3 is 2.65 bits per heavy atom. The van der Waals surface area contributed by atoms with Crippen molar-refractivity contribution in [3.05, 3.63) is 35.4 Å². The van der Waals surface area contributed by atoms with Crippen molar-refractivity contribution in [2.24, 2.45) is 0 Å². The predicted molar refractivity (Wildman–Crippen MR) is 61.4 cm³/mol. The van der Waals surface area contributed by atoms with E-state index in [4.69, 9.17) is 0 Å². The minimum absolute atomic E-state index is 0.0504. The van der Waals surface area contributed by atoms with Gasteiger partial charge < -0.3 is 10.6 Å². The lowest BCUT2D eigenvalue weighted by atomic mass is 10.2. The third kappa shape index (κ3) is 5.40. The average Bonchev–Trinajstić information content (AvgIpc) is 2.27. The Labute approximate surface area is 99.2 Å². The molecule has 0 aromatic heterocycles. The summed E-state index contributed by atoms with van der Waals surface area (Å²) in [5, 5.41) is 5.75. The van der Waals surface area contributed by atoms with E-state index in [-0.39, 0.29) is 5.91 Å². The number of rotatable bonds is 6. The molecule has 0 saturated carbocycles. The van der Waals surface area contributed by atoms with Crippen molar-refractivity contribution in [3.63, 3.8) is 0 Å². The zero-order valence-electron chi connectivity index (χ0n) is 9.72. The van der Waals surface area contributed by atoms with Crippen LogP contribution in [0.25, 0.3) is 0 Å². The van der Waals surface area contributed by atoms with E-state index in [2.05, 4.69) is 10.6 Å². The molecule has 94 valence electrons. The second-order valence-electron chi connectivity index (χ2n) is 3.76. The number of nitrogens with one attached hydrogen (secondary N) is 2. The van der Waals surface area contributed by atoms with Gasteiger partial charge in [0.15, 0.2) is 11.6 Å². The Balaban J connectivity index is 2.18. The summed E-state index contributed by atoms with van der Waals surface area (Å²) in [6.07, 6.45) is 0.795. The summed E-state index contributed by atoms with van der Waals surface area (Å²) >= 11 is 0. The lowest BCUT2D eigenvalue weighted by Crippen LogP contribution is -2.25. The molecular weight excluding hydrogens is 226 g/mol. The number of hydrogen-bond donors (Lipinski definition) is 2. The van der Waals surface area contributed by atoms with Crippen molar-refractivity contribution >= 4 is 5.91 Å². The first-order valence-corrected chi connectivity index (χ1v) is 5.48. The largest absolute Gasteiger partial charge is 0.356 e. The van der Waals surface area contributed by atoms with Crippen molar-refractivity contribution in [2.75, 3.05) is 13.1 Å². The molecule has 0 aliphatic carbocycles. The molecule has 1 rings (SSSR count). The topological polar surface area (TPSA) is 41.1 Å². The summed E-state index contributed by atoms with van der Waals surface area (Å²) in [5.41, 5.74) is 0.698. The van der Waals surface area contributed by atoms with Gasteiger partial charge in [-0.25, -0.2) is 8.78 Å². The van der Waals surface area contributed by atoms with Crippen LogP contribution >= 0.6 is 0 Å². The van der Waals surface area contributed by atoms with Crippen LogP contribution in [0.5, 0.6) is 0 Å². The van der Waals surface area contributed by atoms with Gasteiger partial charge in [-0.2, -0.15) is 0 Å². The molecule has 17 heavy (non-hydrogen) atoms. The van der Waals surface area contributed by atoms with Gasteiger partial charge in [-0.05, 0) is 30.7 Å². The van der Waals surface area contributed by atoms with Gasteiger partial charge in [0.2, 0.25) is 5.91 Å². The standard InChI is InChI=1S/C12H16F2N2O/c1-9(17)16-6-2-5-15-8-10-3-4-11(13)12(14)7-10/h3-4,7,15H,2,5-6,8H2,1H3,(H,16,17). The van der Waals surface area contributed by atoms with Crippen LogP contribution in [-0.2, 0) is 11.3 Å². The van der Waals surface area contributed by atoms with Crippen LogP contribution in [-0.4, -0.2) is 19.0 Å². The van der Waals surface area contributed by atoms with Crippen LogP contribution in [0, 0.1) is 11.6 Å². The number of carbonyl (C=O) groups is 1. The van der Waals surface area contributed by atoms with E-state index in [1.54, 1.807) is 6.07 Å². The maximum absolute atomic E-state index is 12.8. The van der Waals surface area contributed by atoms with Gasteiger partial charge in [-0.1, -0.05) is 6.07 Å². The van der Waals surface area contributed by atoms with Crippen molar-refractivity contribution in [2.45, 2.75) is 19.9 Å². The van der Waals surface area contributed by atoms with E-state index in [9.17, 15) is 13.6 Å². The van der Waals surface area contributed by atoms with Crippen LogP contribution in [0.4, 0.5) is 8.78 Å². The second-order valence-corrected chi connectivity index (χ2v) is 3.76. The summed E-state index contributed by atoms with van der Waals surface area (Å²) < 4.78 is 25.5. The van der Waals surface area contributed by atoms with E-state index < -0.39 is 11.6 Å². The molecule has 2 N–H and O–H groups in total. The molecule has 0 aliphatic heterocycles. The minimum atomic E-state index is -0.834. The Kier molecular flexibility index (Phi) is 5.56. The molecule has 0 bridgehead atoms. The summed E-state index contributed by atoms with van der Waals surface area (Å²) in [5.74, 6) is -1.72. The molecule has 0 fully saturated rings. The zero-order valence-corrected chi connectivity index (χ0v) is 9.72. The Hall–Kier alpha value is -1.49. The molecule has 1 aromatic carbocycles. The number of hydrogen-bond acceptors (Lipinski definition) is 2. The number of halogens is 2. The normalized spacial score (nSPS) is 10.3. The van der Waals surface area contributed by atoms with Crippen LogP contribution in [0.2, 0.25) is 0 Å². The number of carbonyl (C=O) groups excluding carboxylic acids is 1. The van der Waals surface area contributed by atoms with Crippen molar-refractivity contribution in [1.82, 2.24) is 10.6 Å². The highest BCUT2D eigenvalue weighted by Crippen LogP contribution is 2.08. The van der Waals surface area contributed by atoms with Gasteiger partial charge in [0, 0.05) is 20.0 Å². The van der Waals surface area contributed by atoms with Crippen LogP contribution in [0.3, 0.4) is 0 Å². The van der Waals surface area contributed by atoms with Crippen LogP contribution in [0.1, 0.15) is 18.9 Å². The van der Waals surface area contributed by atoms with E-state index in [0.29, 0.717) is 25.2 Å². The molecule has 0 radical (unpaired) electrons. The van der Waals surface area contributed by atoms with E-state index in [1.165, 1.54) is 13.0 Å². The lowest BCUT2D eigenvalue weighted by Gasteiger charge is -2.05. The quantitative estimate of drug-likeness (QED) is 0.744. The maximum atomic E-state index is 12.8. The van der Waals surface area contributed by atoms with Gasteiger partial charge in [0.1, 0.15) is 0 Å². The van der Waals surface area contributed by atoms with Crippen molar-refractivity contribution < 1.29 is 13.6 Å². The van der Waals surface area contributed by atoms with E-state index >= 15 is 0 Å². The van der Waals surface area contributed by atoms with E-state index in [1.807, 2.05) is 0 Å². The SMILES string of the molecule is CC(=O)NCCCNCc1ccc(F)c(F)c1. The fraction of sp³-hybridized carbons (Fsp3) is 0.417. The third-order valence-corrected chi connectivity index (χ3v) is 2.22. The third-order valence-electron chi connectivity index (χ3n) is 2.22. The molecular formula is C12H16F2N2O. The molecule has 0 saturated heterocycles. The maximum Gasteiger partial charge on any atom is 0.216 e. The number of amides is 1. The Morgan fingerprint density at radius 1 is 1.24 bits per heavy atom. The minimum Gasteiger partial charge on any atom is -0.356 e. The fourth-order valence-corrected chi connectivity index (χ4v) is 1.36. The molecule has 5 heteroatoms. The molecule has 0 heterocycles. The fourth-order valence-electron chi connectivity index (χ4n) is 1.36. The Bertz CT molecular complexity index is 383. The average molecular weight is 242 g/mol. The van der Waals surface area contributed by atoms with Gasteiger partial charge in [-0.3, -0.25) is 4.79 Å². The molecule has 0 atom stereocenters. The molecule has 1 amide bonds. The highest BCUT2D eigenvalue weighted by molar-refractivity contribution is 5.72. The first-order valence-electron chi connectivity index (χ1n) is 5.48. The van der Waals surface area contributed by atoms with Gasteiger partial charge in [-0.15, -0.1) is 0 Å². The second kappa shape index (κ2) is 6.96. The summed E-state index contributed by atoms with van der Waals surface area (Å²) in [6.45, 7) is 3.27. The summed E-state index contributed by atoms with van der Waals surface area (Å²) in [4.78, 5) is 10.6. The lowest BCUT2D eigenvalue weighted by molar-refractivity contribution is -0.118. The summed E-state index contributed by atoms with van der Waals surface area (Å²) in [7, 11) is 0. The van der Waals surface area contributed by atoms with E-state index in [0.717, 1.165) is 12.5 Å². The highest BCUT2D eigenvalue weighted by atomic mass is 19.2. The first-order chi connectivity index (χ1) is 8.09. The van der Waals surface area contributed by atoms with Crippen molar-refractivity contribution in [3.8, 4) is 0 Å². The van der Waals surface area contributed by atoms with Gasteiger partial charge in [0.25, 0.3) is 0 Å². The number of benzene rings is 1. The highest BCUT2D eigenvalue weighted by Gasteiger charge is 2.01. The first kappa shape index (κ1) is 13.6. The monoisotopic (exact) mass is 242 g/mol. The molecule has 0 aliphatic rings. The van der Waals surface area contributed by atoms with Gasteiger partial charge >= 0.3 is 0 Å². The van der Waals surface area contributed by atoms with Crippen LogP contribution in [0.15, 0.2) is 18.2 Å². The van der Waals surface area contributed by atoms with Gasteiger partial charge in [0.05, 0.1) is 0 Å². The molecule has 3 nitrogen and oxygen atoms in total. The predicted octanol–water partition coefficient (Wildman–Crippen LogP) is 1.58. The van der Waals surface area contributed by atoms with Crippen molar-refractivity contribution in [1.29, 1.82) is 0 Å². The molecule has 0 unspecified atom stereocenters.